The maximum atomic E-state index is 14.3. The van der Waals surface area contributed by atoms with Crippen molar-refractivity contribution in [3.63, 3.8) is 0 Å². The average molecular weight is 576 g/mol. The Morgan fingerprint density at radius 1 is 0.941 bits per heavy atom. The van der Waals surface area contributed by atoms with Crippen LogP contribution in [0.15, 0.2) is 61.4 Å². The highest BCUT2D eigenvalue weighted by atomic mass is 32.2. The molecule has 0 fully saturated rings. The summed E-state index contributed by atoms with van der Waals surface area (Å²) in [7, 11) is 0. The van der Waals surface area contributed by atoms with Crippen LogP contribution in [-0.4, -0.2) is 11.5 Å². The van der Waals surface area contributed by atoms with Gasteiger partial charge in [-0.05, 0) is 43.7 Å². The molecule has 2 rings (SSSR count). The number of carbonyl (C=O) groups is 1. The van der Waals surface area contributed by atoms with Crippen LogP contribution in [0.1, 0.15) is 19.4 Å². The summed E-state index contributed by atoms with van der Waals surface area (Å²) in [6.07, 6.45) is 3.62. The van der Waals surface area contributed by atoms with Crippen molar-refractivity contribution in [3.05, 3.63) is 48.3 Å². The van der Waals surface area contributed by atoms with Gasteiger partial charge in [0.2, 0.25) is 5.91 Å². The molecule has 0 atom stereocenters. The third-order valence-electron chi connectivity index (χ3n) is 4.16. The van der Waals surface area contributed by atoms with Crippen LogP contribution in [0.4, 0.5) is 29.5 Å². The van der Waals surface area contributed by atoms with E-state index < -0.39 is 108 Å². The largest absolute Gasteiger partial charge is 0.481 e. The van der Waals surface area contributed by atoms with Crippen LogP contribution in [0.25, 0.3) is 6.08 Å². The highest BCUT2D eigenvalue weighted by Crippen LogP contribution is 2.54. The molecule has 14 heteroatoms. The minimum absolute atomic E-state index is 0.0425. The van der Waals surface area contributed by atoms with E-state index in [4.69, 9.17) is 4.74 Å². The highest BCUT2D eigenvalue weighted by Gasteiger charge is 2.29. The lowest BCUT2D eigenvalue weighted by Crippen LogP contribution is -2.25. The normalized spacial score (nSPS) is 11.6. The van der Waals surface area contributed by atoms with Crippen molar-refractivity contribution in [2.45, 2.75) is 43.9 Å². The first-order valence-corrected chi connectivity index (χ1v) is 12.5. The van der Waals surface area contributed by atoms with Crippen molar-refractivity contribution in [2.75, 3.05) is 5.32 Å². The Labute approximate surface area is 214 Å². The fourth-order valence-electron chi connectivity index (χ4n) is 2.48. The standard InChI is InChI=1S/C20H15F6NO2S5/c1-4-20(2,3)29-12-7-5-10(9-11(12)21)6-8-13(28)27-14-15(30-22)17(32-24)19(34-26)18(33-25)16(14)31-23/h4-9H,1H2,2-3H3,(H,27,28). The van der Waals surface area contributed by atoms with Gasteiger partial charge in [0.1, 0.15) is 5.60 Å². The van der Waals surface area contributed by atoms with Gasteiger partial charge in [0.25, 0.3) is 0 Å². The smallest absolute Gasteiger partial charge is 0.248 e. The fraction of sp³-hybridized carbons (Fsp3) is 0.150. The summed E-state index contributed by atoms with van der Waals surface area (Å²) in [6.45, 7) is 6.97. The molecule has 0 aliphatic rings. The second-order valence-corrected chi connectivity index (χ2v) is 9.64. The molecule has 0 spiro atoms. The molecule has 1 amide bonds. The summed E-state index contributed by atoms with van der Waals surface area (Å²) in [6, 6.07) is 3.89. The molecule has 2 aromatic rings. The van der Waals surface area contributed by atoms with E-state index in [9.17, 15) is 28.6 Å². The molecule has 0 heterocycles. The lowest BCUT2D eigenvalue weighted by Gasteiger charge is -2.22. The van der Waals surface area contributed by atoms with Gasteiger partial charge < -0.3 is 10.1 Å². The van der Waals surface area contributed by atoms with Crippen molar-refractivity contribution in [1.29, 1.82) is 0 Å². The Morgan fingerprint density at radius 3 is 1.88 bits per heavy atom. The Hall–Kier alpha value is -1.48. The fourth-order valence-corrected chi connectivity index (χ4v) is 5.33. The van der Waals surface area contributed by atoms with E-state index in [-0.39, 0.29) is 11.3 Å². The van der Waals surface area contributed by atoms with E-state index in [0.717, 1.165) is 12.1 Å². The lowest BCUT2D eigenvalue weighted by atomic mass is 10.1. The zero-order valence-corrected chi connectivity index (χ0v) is 21.4. The van der Waals surface area contributed by atoms with Gasteiger partial charge >= 0.3 is 0 Å². The molecule has 2 aromatic carbocycles. The van der Waals surface area contributed by atoms with Gasteiger partial charge in [-0.3, -0.25) is 4.79 Å². The molecule has 3 nitrogen and oxygen atoms in total. The first-order chi connectivity index (χ1) is 16.2. The average Bonchev–Trinajstić information content (AvgIpc) is 2.82. The van der Waals surface area contributed by atoms with Gasteiger partial charge in [0.15, 0.2) is 11.6 Å². The van der Waals surface area contributed by atoms with Gasteiger partial charge in [-0.25, -0.2) is 4.39 Å². The van der Waals surface area contributed by atoms with Gasteiger partial charge in [-0.2, -0.15) is 19.4 Å². The molecule has 0 unspecified atom stereocenters. The second-order valence-electron chi connectivity index (χ2n) is 6.83. The Bertz CT molecular complexity index is 1070. The number of hydrogen-bond donors (Lipinski definition) is 1. The van der Waals surface area contributed by atoms with Crippen LogP contribution >= 0.6 is 60.7 Å². The second kappa shape index (κ2) is 13.0. The molecular weight excluding hydrogens is 561 g/mol. The van der Waals surface area contributed by atoms with Crippen molar-refractivity contribution >= 4 is 78.4 Å². The molecule has 0 aliphatic heterocycles. The number of anilines is 1. The molecule has 0 saturated heterocycles. The number of amides is 1. The Balaban J connectivity index is 2.36. The highest BCUT2D eigenvalue weighted by molar-refractivity contribution is 8.00. The van der Waals surface area contributed by atoms with Gasteiger partial charge in [0, 0.05) is 6.08 Å². The van der Waals surface area contributed by atoms with E-state index in [1.807, 2.05) is 0 Å². The summed E-state index contributed by atoms with van der Waals surface area (Å²) < 4.78 is 87.0. The number of carbonyl (C=O) groups excluding carboxylic acids is 1. The summed E-state index contributed by atoms with van der Waals surface area (Å²) >= 11 is -2.89. The summed E-state index contributed by atoms with van der Waals surface area (Å²) in [5.74, 6) is -1.69. The van der Waals surface area contributed by atoms with Crippen molar-refractivity contribution in [1.82, 2.24) is 0 Å². The quantitative estimate of drug-likeness (QED) is 0.162. The molecule has 0 aliphatic carbocycles. The zero-order valence-electron chi connectivity index (χ0n) is 17.3. The maximum Gasteiger partial charge on any atom is 0.248 e. The molecule has 0 aromatic heterocycles. The number of rotatable bonds is 11. The van der Waals surface area contributed by atoms with Crippen LogP contribution in [0, 0.1) is 5.82 Å². The Morgan fingerprint density at radius 2 is 1.44 bits per heavy atom. The summed E-state index contributed by atoms with van der Waals surface area (Å²) in [4.78, 5) is 9.14. The molecule has 0 bridgehead atoms. The Kier molecular flexibility index (Phi) is 11.0. The SMILES string of the molecule is C=CC(C)(C)Oc1ccc(C=CC(=O)Nc2c(SF)c(SF)c(SF)c(SF)c2SF)cc1F. The molecule has 1 N–H and O–H groups in total. The summed E-state index contributed by atoms with van der Waals surface area (Å²) in [5, 5.41) is 2.15. The zero-order chi connectivity index (χ0) is 25.5. The predicted octanol–water partition coefficient (Wildman–Crippen LogP) is 9.70. The van der Waals surface area contributed by atoms with E-state index in [1.165, 1.54) is 24.3 Å². The number of nitrogens with one attached hydrogen (secondary N) is 1. The van der Waals surface area contributed by atoms with E-state index >= 15 is 0 Å². The van der Waals surface area contributed by atoms with Crippen LogP contribution < -0.4 is 10.1 Å². The van der Waals surface area contributed by atoms with Crippen LogP contribution in [-0.2, 0) is 4.79 Å². The van der Waals surface area contributed by atoms with Crippen LogP contribution in [0.3, 0.4) is 0 Å². The number of ether oxygens (including phenoxy) is 1. The lowest BCUT2D eigenvalue weighted by molar-refractivity contribution is -0.111. The third-order valence-corrected chi connectivity index (χ3v) is 7.49. The van der Waals surface area contributed by atoms with Crippen molar-refractivity contribution in [2.24, 2.45) is 0 Å². The summed E-state index contributed by atoms with van der Waals surface area (Å²) in [5.41, 5.74) is -1.14. The van der Waals surface area contributed by atoms with E-state index in [0.29, 0.717) is 0 Å². The maximum absolute atomic E-state index is 14.3. The van der Waals surface area contributed by atoms with E-state index in [2.05, 4.69) is 11.9 Å². The minimum Gasteiger partial charge on any atom is -0.481 e. The first-order valence-electron chi connectivity index (χ1n) is 8.94. The van der Waals surface area contributed by atoms with Crippen molar-refractivity contribution in [3.8, 4) is 5.75 Å². The van der Waals surface area contributed by atoms with E-state index in [1.54, 1.807) is 13.8 Å². The van der Waals surface area contributed by atoms with Gasteiger partial charge in [0.05, 0.1) is 90.9 Å². The predicted molar refractivity (Wildman–Crippen MR) is 130 cm³/mol. The van der Waals surface area contributed by atoms with Crippen LogP contribution in [0.2, 0.25) is 0 Å². The molecular formula is C20H15F6NO2S5. The molecule has 0 radical (unpaired) electrons. The monoisotopic (exact) mass is 575 g/mol. The number of hydrogen-bond acceptors (Lipinski definition) is 7. The molecule has 34 heavy (non-hydrogen) atoms. The topological polar surface area (TPSA) is 38.3 Å². The van der Waals surface area contributed by atoms with Crippen LogP contribution in [0.5, 0.6) is 5.75 Å². The van der Waals surface area contributed by atoms with Crippen molar-refractivity contribution < 1.29 is 33.4 Å². The minimum atomic E-state index is -0.940. The number of halogens is 6. The first kappa shape index (κ1) is 28.8. The van der Waals surface area contributed by atoms with Gasteiger partial charge in [-0.15, -0.1) is 0 Å². The third kappa shape index (κ3) is 6.80. The molecule has 184 valence electrons. The van der Waals surface area contributed by atoms with Gasteiger partial charge in [-0.1, -0.05) is 12.6 Å². The number of benzene rings is 2. The molecule has 0 saturated carbocycles.